The summed E-state index contributed by atoms with van der Waals surface area (Å²) in [4.78, 5) is 11.2. The Hall–Kier alpha value is -0.783. The van der Waals surface area contributed by atoms with Crippen LogP contribution in [0.15, 0.2) is 12.2 Å². The van der Waals surface area contributed by atoms with Gasteiger partial charge in [0.15, 0.2) is 0 Å². The number of esters is 1. The van der Waals surface area contributed by atoms with Gasteiger partial charge in [-0.15, -0.1) is 0 Å². The van der Waals surface area contributed by atoms with Gasteiger partial charge in [0, 0.05) is 20.9 Å². The normalized spacial score (nSPS) is 43.9. The molecular weight excluding hydrogens is 297 g/mol. The fraction of sp³-hybridized carbons (Fsp3) is 0.800. The summed E-state index contributed by atoms with van der Waals surface area (Å²) in [5.41, 5.74) is -2.39. The van der Waals surface area contributed by atoms with Gasteiger partial charge in [-0.3, -0.25) is 4.79 Å². The molecule has 0 bridgehead atoms. The van der Waals surface area contributed by atoms with Gasteiger partial charge in [0.1, 0.15) is 6.10 Å². The van der Waals surface area contributed by atoms with E-state index in [1.807, 2.05) is 0 Å². The zero-order valence-electron chi connectivity index (χ0n) is 12.8. The molecule has 0 N–H and O–H groups in total. The molecule has 0 aromatic carbocycles. The molecule has 0 heterocycles. The van der Waals surface area contributed by atoms with Crippen molar-refractivity contribution in [3.63, 3.8) is 0 Å². The molecule has 6 heteroatoms. The highest BCUT2D eigenvalue weighted by Gasteiger charge is 2.92. The summed E-state index contributed by atoms with van der Waals surface area (Å²) in [6.07, 6.45) is -1.18. The lowest BCUT2D eigenvalue weighted by Gasteiger charge is -2.33. The maximum absolute atomic E-state index is 13.7. The third kappa shape index (κ3) is 1.74. The van der Waals surface area contributed by atoms with E-state index in [1.165, 1.54) is 13.0 Å². The van der Waals surface area contributed by atoms with Gasteiger partial charge in [0.05, 0.1) is 5.41 Å². The Balaban J connectivity index is 1.97. The van der Waals surface area contributed by atoms with Gasteiger partial charge in [0.25, 0.3) is 0 Å². The molecule has 118 valence electrons. The van der Waals surface area contributed by atoms with Crippen molar-refractivity contribution in [3.05, 3.63) is 12.2 Å². The van der Waals surface area contributed by atoms with Gasteiger partial charge >= 0.3 is 12.1 Å². The van der Waals surface area contributed by atoms with E-state index in [0.29, 0.717) is 12.5 Å². The number of allylic oxidation sites excluding steroid dienone is 1. The van der Waals surface area contributed by atoms with Crippen LogP contribution in [0.4, 0.5) is 13.2 Å². The van der Waals surface area contributed by atoms with E-state index < -0.39 is 37.0 Å². The predicted molar refractivity (Wildman–Crippen MR) is 75.4 cm³/mol. The van der Waals surface area contributed by atoms with Crippen LogP contribution in [-0.4, -0.2) is 26.3 Å². The summed E-state index contributed by atoms with van der Waals surface area (Å²) in [5.74, 6) is -1.07. The molecule has 0 radical (unpaired) electrons. The topological polar surface area (TPSA) is 26.3 Å². The Morgan fingerprint density at radius 1 is 1.38 bits per heavy atom. The number of carbonyl (C=O) groups excluding carboxylic acids is 1. The molecule has 0 spiro atoms. The zero-order chi connectivity index (χ0) is 15.8. The minimum absolute atomic E-state index is 0.264. The molecule has 2 saturated carbocycles. The number of hydrogen-bond donors (Lipinski definition) is 0. The Morgan fingerprint density at radius 2 is 2.00 bits per heavy atom. The molecule has 2 fully saturated rings. The number of halogens is 3. The number of fused-ring (bicyclic) bond motifs is 1. The Kier molecular flexibility index (Phi) is 2.84. The first-order valence-electron chi connectivity index (χ1n) is 7.39. The van der Waals surface area contributed by atoms with E-state index in [9.17, 15) is 18.0 Å². The van der Waals surface area contributed by atoms with Crippen molar-refractivity contribution in [2.24, 2.45) is 22.7 Å². The van der Waals surface area contributed by atoms with Crippen LogP contribution in [0.25, 0.3) is 0 Å². The molecule has 21 heavy (non-hydrogen) atoms. The van der Waals surface area contributed by atoms with E-state index in [-0.39, 0.29) is 12.0 Å². The van der Waals surface area contributed by atoms with Crippen LogP contribution in [0, 0.1) is 22.7 Å². The summed E-state index contributed by atoms with van der Waals surface area (Å²) >= 11 is 0. The molecular formula is C15H21F3O2Si. The van der Waals surface area contributed by atoms with Crippen LogP contribution in [0.1, 0.15) is 13.3 Å². The molecule has 2 nitrogen and oxygen atoms in total. The van der Waals surface area contributed by atoms with Crippen molar-refractivity contribution in [2.45, 2.75) is 51.3 Å². The van der Waals surface area contributed by atoms with Gasteiger partial charge in [-0.05, 0) is 23.8 Å². The average molecular weight is 318 g/mol. The Bertz CT molecular complexity index is 522. The fourth-order valence-electron chi connectivity index (χ4n) is 5.26. The van der Waals surface area contributed by atoms with E-state index in [2.05, 4.69) is 19.6 Å². The smallest absolute Gasteiger partial charge is 0.398 e. The fourth-order valence-corrected chi connectivity index (χ4v) is 7.79. The summed E-state index contributed by atoms with van der Waals surface area (Å²) in [5, 5.41) is 0. The van der Waals surface area contributed by atoms with Crippen LogP contribution in [-0.2, 0) is 9.53 Å². The SMILES string of the molecule is CC(=O)O[C@H]1C[C@@H]2[C@]3(C[Si](C)(C)C)C1C=C[C@]23C(F)(F)F. The van der Waals surface area contributed by atoms with E-state index in [0.717, 1.165) is 0 Å². The maximum atomic E-state index is 13.7. The van der Waals surface area contributed by atoms with Crippen molar-refractivity contribution in [2.75, 3.05) is 0 Å². The Morgan fingerprint density at radius 3 is 2.48 bits per heavy atom. The number of hydrogen-bond acceptors (Lipinski definition) is 2. The summed E-state index contributed by atoms with van der Waals surface area (Å²) in [6.45, 7) is 7.66. The molecule has 3 rings (SSSR count). The highest BCUT2D eigenvalue weighted by molar-refractivity contribution is 6.76. The minimum atomic E-state index is -4.20. The summed E-state index contributed by atoms with van der Waals surface area (Å²) in [7, 11) is -1.67. The standard InChI is InChI=1S/C15H21F3O2Si/c1-9(19)20-11-7-12-13(8-21(2,3)4)10(11)5-6-14(12,13)15(16,17)18/h5-6,10-12H,7-8H2,1-4H3/t10?,11-,12+,13-,14-/m0/s1. The molecule has 3 aliphatic carbocycles. The number of ether oxygens (including phenoxy) is 1. The van der Waals surface area contributed by atoms with Crippen molar-refractivity contribution < 1.29 is 22.7 Å². The predicted octanol–water partition coefficient (Wildman–Crippen LogP) is 4.01. The molecule has 3 aliphatic rings. The molecule has 1 unspecified atom stereocenters. The second-order valence-corrected chi connectivity index (χ2v) is 13.4. The second-order valence-electron chi connectivity index (χ2n) is 7.97. The van der Waals surface area contributed by atoms with E-state index in [1.54, 1.807) is 6.08 Å². The molecule has 0 aliphatic heterocycles. The van der Waals surface area contributed by atoms with Crippen LogP contribution < -0.4 is 0 Å². The molecule has 0 aromatic heterocycles. The minimum Gasteiger partial charge on any atom is -0.462 e. The third-order valence-corrected chi connectivity index (χ3v) is 7.14. The first kappa shape index (κ1) is 15.1. The van der Waals surface area contributed by atoms with Gasteiger partial charge in [-0.1, -0.05) is 31.8 Å². The van der Waals surface area contributed by atoms with Crippen LogP contribution in [0.3, 0.4) is 0 Å². The van der Waals surface area contributed by atoms with Crippen LogP contribution in [0.5, 0.6) is 0 Å². The van der Waals surface area contributed by atoms with E-state index >= 15 is 0 Å². The average Bonchev–Trinajstić information content (AvgIpc) is 2.51. The summed E-state index contributed by atoms with van der Waals surface area (Å²) < 4.78 is 46.4. The van der Waals surface area contributed by atoms with Crippen molar-refractivity contribution in [1.29, 1.82) is 0 Å². The van der Waals surface area contributed by atoms with Gasteiger partial charge in [-0.25, -0.2) is 0 Å². The van der Waals surface area contributed by atoms with Gasteiger partial charge in [0.2, 0.25) is 0 Å². The maximum Gasteiger partial charge on any atom is 0.398 e. The first-order chi connectivity index (χ1) is 9.46. The Labute approximate surface area is 123 Å². The monoisotopic (exact) mass is 318 g/mol. The zero-order valence-corrected chi connectivity index (χ0v) is 13.8. The van der Waals surface area contributed by atoms with Crippen molar-refractivity contribution in [1.82, 2.24) is 0 Å². The van der Waals surface area contributed by atoms with Gasteiger partial charge < -0.3 is 4.74 Å². The van der Waals surface area contributed by atoms with Crippen LogP contribution >= 0.6 is 0 Å². The number of rotatable bonds is 3. The molecule has 0 amide bonds. The lowest BCUT2D eigenvalue weighted by Crippen LogP contribution is -2.38. The molecule has 0 aromatic rings. The number of carbonyl (C=O) groups is 1. The largest absolute Gasteiger partial charge is 0.462 e. The first-order valence-corrected chi connectivity index (χ1v) is 11.1. The van der Waals surface area contributed by atoms with Crippen molar-refractivity contribution >= 4 is 14.0 Å². The van der Waals surface area contributed by atoms with Crippen LogP contribution in [0.2, 0.25) is 25.7 Å². The second kappa shape index (κ2) is 3.94. The lowest BCUT2D eigenvalue weighted by molar-refractivity contribution is -0.190. The number of alkyl halides is 3. The molecule has 5 atom stereocenters. The van der Waals surface area contributed by atoms with E-state index in [4.69, 9.17) is 4.74 Å². The van der Waals surface area contributed by atoms with Crippen molar-refractivity contribution in [3.8, 4) is 0 Å². The highest BCUT2D eigenvalue weighted by Crippen LogP contribution is 2.89. The third-order valence-electron chi connectivity index (χ3n) is 5.50. The summed E-state index contributed by atoms with van der Waals surface area (Å²) in [6, 6.07) is 0.639. The lowest BCUT2D eigenvalue weighted by atomic mass is 9.86. The van der Waals surface area contributed by atoms with Gasteiger partial charge in [-0.2, -0.15) is 13.2 Å². The highest BCUT2D eigenvalue weighted by atomic mass is 28.3. The quantitative estimate of drug-likeness (QED) is 0.446. The molecule has 0 saturated heterocycles.